The predicted molar refractivity (Wildman–Crippen MR) is 205 cm³/mol. The molecular formula is C36H43Cl5N2O8Si. The summed E-state index contributed by atoms with van der Waals surface area (Å²) in [5, 5.41) is 0.959. The molecule has 3 fully saturated rings. The lowest BCUT2D eigenvalue weighted by atomic mass is 9.94. The number of rotatable bonds is 10. The second-order valence-electron chi connectivity index (χ2n) is 15.0. The Kier molecular flexibility index (Phi) is 11.9. The molecule has 5 atom stereocenters. The molecule has 2 aliphatic heterocycles. The Labute approximate surface area is 329 Å². The molecule has 3 heterocycles. The van der Waals surface area contributed by atoms with Crippen molar-refractivity contribution in [1.82, 2.24) is 9.13 Å². The van der Waals surface area contributed by atoms with Gasteiger partial charge in [0.25, 0.3) is 5.56 Å². The van der Waals surface area contributed by atoms with Crippen molar-refractivity contribution in [3.05, 3.63) is 93.6 Å². The largest absolute Gasteiger partial charge is 0.497 e. The molecule has 0 N–H and O–H groups in total. The van der Waals surface area contributed by atoms with E-state index < -0.39 is 62.7 Å². The second kappa shape index (κ2) is 15.5. The van der Waals surface area contributed by atoms with Gasteiger partial charge in [0, 0.05) is 51.3 Å². The maximum Gasteiger partial charge on any atom is 0.335 e. The van der Waals surface area contributed by atoms with Crippen LogP contribution in [-0.4, -0.2) is 55.3 Å². The lowest BCUT2D eigenvalue weighted by Gasteiger charge is -2.38. The van der Waals surface area contributed by atoms with Gasteiger partial charge in [-0.05, 0) is 55.2 Å². The molecule has 3 aliphatic rings. The quantitative estimate of drug-likeness (QED) is 0.187. The molecule has 3 aromatic rings. The molecule has 1 aromatic heterocycles. The molecule has 0 amide bonds. The average Bonchev–Trinajstić information content (AvgIpc) is 3.57. The van der Waals surface area contributed by atoms with E-state index in [0.29, 0.717) is 16.3 Å². The summed E-state index contributed by atoms with van der Waals surface area (Å²) in [5.74, 6) is -0.350. The molecule has 10 nitrogen and oxygen atoms in total. The highest BCUT2D eigenvalue weighted by Crippen LogP contribution is 2.49. The van der Waals surface area contributed by atoms with Crippen molar-refractivity contribution in [3.8, 4) is 5.75 Å². The van der Waals surface area contributed by atoms with Crippen LogP contribution in [0.5, 0.6) is 5.75 Å². The Hall–Kier alpha value is -1.61. The van der Waals surface area contributed by atoms with Gasteiger partial charge in [-0.15, -0.1) is 0 Å². The summed E-state index contributed by atoms with van der Waals surface area (Å²) in [6, 6.07) is 7.38. The first-order valence-corrected chi connectivity index (χ1v) is 22.0. The third kappa shape index (κ3) is 7.89. The monoisotopic (exact) mass is 834 g/mol. The van der Waals surface area contributed by atoms with Crippen molar-refractivity contribution in [3.63, 3.8) is 0 Å². The van der Waals surface area contributed by atoms with Crippen LogP contribution in [0.25, 0.3) is 0 Å². The fourth-order valence-corrected chi connectivity index (χ4v) is 9.42. The van der Waals surface area contributed by atoms with Gasteiger partial charge in [0.15, 0.2) is 20.3 Å². The van der Waals surface area contributed by atoms with Gasteiger partial charge in [-0.1, -0.05) is 85.2 Å². The summed E-state index contributed by atoms with van der Waals surface area (Å²) in [4.78, 5) is 27.6. The molecule has 0 unspecified atom stereocenters. The van der Waals surface area contributed by atoms with E-state index in [1.165, 1.54) is 36.1 Å². The minimum atomic E-state index is -2.15. The van der Waals surface area contributed by atoms with Gasteiger partial charge < -0.3 is 28.1 Å². The first kappa shape index (κ1) is 40.1. The molecule has 284 valence electrons. The number of methoxy groups -OCH3 is 1. The number of nitrogens with zero attached hydrogens (tertiary/aromatic N) is 2. The van der Waals surface area contributed by atoms with Crippen LogP contribution in [0.15, 0.2) is 46.1 Å². The first-order chi connectivity index (χ1) is 24.4. The molecule has 0 radical (unpaired) electrons. The second-order valence-corrected chi connectivity index (χ2v) is 21.9. The van der Waals surface area contributed by atoms with E-state index in [4.69, 9.17) is 86.1 Å². The molecule has 6 rings (SSSR count). The van der Waals surface area contributed by atoms with Gasteiger partial charge in [-0.25, -0.2) is 9.36 Å². The first-order valence-electron chi connectivity index (χ1n) is 17.2. The molecule has 2 saturated heterocycles. The zero-order chi connectivity index (χ0) is 37.7. The van der Waals surface area contributed by atoms with Crippen molar-refractivity contribution < 1.29 is 28.1 Å². The minimum absolute atomic E-state index is 0.0208. The van der Waals surface area contributed by atoms with E-state index in [-0.39, 0.29) is 37.3 Å². The van der Waals surface area contributed by atoms with E-state index in [1.54, 1.807) is 12.1 Å². The van der Waals surface area contributed by atoms with Crippen LogP contribution in [0.2, 0.25) is 43.2 Å². The Morgan fingerprint density at radius 2 is 1.48 bits per heavy atom. The molecule has 1 saturated carbocycles. The van der Waals surface area contributed by atoms with Crippen LogP contribution in [0.3, 0.4) is 0 Å². The number of ether oxygens (including phenoxy) is 5. The SMILES string of the molecule is COc1cc(Cl)c([C@@H](OCn2c(=O)ccn([C@@H]3O[C@H](CO[Si](C)(C)C(C)(C)C)[C@H]4OC5(CCCCC5)O[C@H]43)c2=O)c2c(Cl)cc(Cl)cc2Cl)c(Cl)c1. The topological polar surface area (TPSA) is 99.4 Å². The van der Waals surface area contributed by atoms with E-state index in [1.807, 2.05) is 0 Å². The number of benzene rings is 2. The van der Waals surface area contributed by atoms with Crippen LogP contribution >= 0.6 is 58.0 Å². The third-order valence-corrected chi connectivity index (χ3v) is 16.6. The zero-order valence-corrected chi connectivity index (χ0v) is 34.6. The lowest BCUT2D eigenvalue weighted by Crippen LogP contribution is -2.45. The fraction of sp³-hybridized carbons (Fsp3) is 0.556. The summed E-state index contributed by atoms with van der Waals surface area (Å²) in [5.41, 5.74) is -0.721. The van der Waals surface area contributed by atoms with E-state index >= 15 is 0 Å². The Morgan fingerprint density at radius 1 is 0.904 bits per heavy atom. The molecule has 1 spiro atoms. The third-order valence-electron chi connectivity index (χ3n) is 10.6. The summed E-state index contributed by atoms with van der Waals surface area (Å²) in [6.07, 6.45) is 2.32. The van der Waals surface area contributed by atoms with E-state index in [0.717, 1.165) is 36.7 Å². The average molecular weight is 837 g/mol. The highest BCUT2D eigenvalue weighted by molar-refractivity contribution is 6.74. The van der Waals surface area contributed by atoms with Crippen molar-refractivity contribution in [2.24, 2.45) is 0 Å². The maximum absolute atomic E-state index is 14.3. The van der Waals surface area contributed by atoms with Gasteiger partial charge in [-0.2, -0.15) is 0 Å². The number of halogens is 5. The smallest absolute Gasteiger partial charge is 0.335 e. The van der Waals surface area contributed by atoms with Gasteiger partial charge in [0.1, 0.15) is 36.9 Å². The Balaban J connectivity index is 1.35. The number of hydrogen-bond donors (Lipinski definition) is 0. The predicted octanol–water partition coefficient (Wildman–Crippen LogP) is 9.41. The maximum atomic E-state index is 14.3. The van der Waals surface area contributed by atoms with Crippen LogP contribution in [0.1, 0.15) is 76.3 Å². The highest BCUT2D eigenvalue weighted by Gasteiger charge is 2.59. The van der Waals surface area contributed by atoms with Crippen LogP contribution in [0.4, 0.5) is 0 Å². The number of hydrogen-bond acceptors (Lipinski definition) is 8. The highest BCUT2D eigenvalue weighted by atomic mass is 35.5. The molecule has 0 bridgehead atoms. The molecule has 16 heteroatoms. The van der Waals surface area contributed by atoms with Gasteiger partial charge in [0.2, 0.25) is 0 Å². The fourth-order valence-electron chi connectivity index (χ4n) is 6.73. The zero-order valence-electron chi connectivity index (χ0n) is 29.9. The van der Waals surface area contributed by atoms with Crippen LogP contribution < -0.4 is 16.0 Å². The Bertz CT molecular complexity index is 1880. The summed E-state index contributed by atoms with van der Waals surface area (Å²) >= 11 is 33.0. The molecule has 2 aromatic carbocycles. The summed E-state index contributed by atoms with van der Waals surface area (Å²) < 4.78 is 40.5. The standard InChI is InChI=1S/C36H43Cl5N2O8Si/c1-35(2,3)52(5,6)48-18-26-30-32(51-36(50-30)11-8-7-9-12-36)33(49-26)42-13-10-27(44)43(34(42)45)19-47-31(28-22(38)14-20(37)15-23(28)39)29-24(40)16-21(46-4)17-25(29)41/h10,13-17,26,30-33H,7-9,11-12,18-19H2,1-6H3/t26-,30-,31+,32-,33-/m1/s1. The lowest BCUT2D eigenvalue weighted by molar-refractivity contribution is -0.233. The number of aromatic nitrogens is 2. The van der Waals surface area contributed by atoms with Crippen molar-refractivity contribution >= 4 is 66.3 Å². The summed E-state index contributed by atoms with van der Waals surface area (Å²) in [7, 11) is -0.675. The van der Waals surface area contributed by atoms with Crippen molar-refractivity contribution in [2.45, 2.75) is 114 Å². The van der Waals surface area contributed by atoms with Crippen molar-refractivity contribution in [1.29, 1.82) is 0 Å². The van der Waals surface area contributed by atoms with E-state index in [2.05, 4.69) is 33.9 Å². The van der Waals surface area contributed by atoms with E-state index in [9.17, 15) is 9.59 Å². The van der Waals surface area contributed by atoms with Gasteiger partial charge in [-0.3, -0.25) is 9.36 Å². The van der Waals surface area contributed by atoms with Gasteiger partial charge >= 0.3 is 5.69 Å². The summed E-state index contributed by atoms with van der Waals surface area (Å²) in [6.45, 7) is 10.6. The minimum Gasteiger partial charge on any atom is -0.497 e. The molecular weight excluding hydrogens is 794 g/mol. The van der Waals surface area contributed by atoms with Crippen LogP contribution in [-0.2, 0) is 30.1 Å². The van der Waals surface area contributed by atoms with Crippen molar-refractivity contribution in [2.75, 3.05) is 13.7 Å². The Morgan fingerprint density at radius 3 is 2.06 bits per heavy atom. The molecule has 1 aliphatic carbocycles. The molecule has 52 heavy (non-hydrogen) atoms. The van der Waals surface area contributed by atoms with Crippen LogP contribution in [0, 0.1) is 0 Å². The normalized spacial score (nSPS) is 23.6. The number of fused-ring (bicyclic) bond motifs is 1. The van der Waals surface area contributed by atoms with Gasteiger partial charge in [0.05, 0.1) is 23.8 Å².